The van der Waals surface area contributed by atoms with Crippen LogP contribution >= 0.6 is 0 Å². The Morgan fingerprint density at radius 2 is 0.759 bits per heavy atom. The molecule has 0 radical (unpaired) electrons. The van der Waals surface area contributed by atoms with Crippen molar-refractivity contribution in [3.8, 4) is 0 Å². The highest BCUT2D eigenvalue weighted by atomic mass is 16.3. The molecular formula is C50H95NO3. The maximum atomic E-state index is 12.4. The van der Waals surface area contributed by atoms with Crippen molar-refractivity contribution in [1.82, 2.24) is 5.32 Å². The van der Waals surface area contributed by atoms with Crippen molar-refractivity contribution >= 4 is 5.91 Å². The molecule has 54 heavy (non-hydrogen) atoms. The van der Waals surface area contributed by atoms with Gasteiger partial charge in [0, 0.05) is 6.42 Å². The van der Waals surface area contributed by atoms with Crippen molar-refractivity contribution in [2.24, 2.45) is 0 Å². The Morgan fingerprint density at radius 3 is 1.11 bits per heavy atom. The molecular weight excluding hydrogens is 663 g/mol. The maximum Gasteiger partial charge on any atom is 0.220 e. The first-order chi connectivity index (χ1) is 26.7. The minimum absolute atomic E-state index is 0.0631. The number of carbonyl (C=O) groups is 1. The van der Waals surface area contributed by atoms with E-state index < -0.39 is 12.1 Å². The molecule has 0 bridgehead atoms. The number of hydrogen-bond donors (Lipinski definition) is 3. The molecule has 0 heterocycles. The van der Waals surface area contributed by atoms with E-state index in [1.807, 2.05) is 6.08 Å². The molecule has 0 aliphatic carbocycles. The molecule has 0 aromatic rings. The molecule has 0 fully saturated rings. The van der Waals surface area contributed by atoms with Crippen LogP contribution in [0.4, 0.5) is 0 Å². The van der Waals surface area contributed by atoms with Crippen molar-refractivity contribution in [3.05, 3.63) is 36.5 Å². The van der Waals surface area contributed by atoms with Crippen molar-refractivity contribution in [2.75, 3.05) is 6.61 Å². The lowest BCUT2D eigenvalue weighted by atomic mass is 10.0. The van der Waals surface area contributed by atoms with Gasteiger partial charge in [0.05, 0.1) is 18.8 Å². The minimum Gasteiger partial charge on any atom is -0.394 e. The predicted octanol–water partition coefficient (Wildman–Crippen LogP) is 15.4. The summed E-state index contributed by atoms with van der Waals surface area (Å²) in [6, 6.07) is -0.621. The van der Waals surface area contributed by atoms with Crippen LogP contribution in [-0.2, 0) is 4.79 Å². The first-order valence-electron chi connectivity index (χ1n) is 24.2. The summed E-state index contributed by atoms with van der Waals surface area (Å²) in [5, 5.41) is 23.1. The molecule has 0 spiro atoms. The Hall–Kier alpha value is -1.39. The Bertz CT molecular complexity index is 821. The van der Waals surface area contributed by atoms with Gasteiger partial charge in [-0.25, -0.2) is 0 Å². The average Bonchev–Trinajstić information content (AvgIpc) is 3.18. The zero-order valence-electron chi connectivity index (χ0n) is 36.5. The van der Waals surface area contributed by atoms with E-state index in [-0.39, 0.29) is 12.5 Å². The number of rotatable bonds is 44. The van der Waals surface area contributed by atoms with E-state index in [0.717, 1.165) is 32.1 Å². The second-order valence-corrected chi connectivity index (χ2v) is 16.5. The lowest BCUT2D eigenvalue weighted by Gasteiger charge is -2.20. The first kappa shape index (κ1) is 52.6. The van der Waals surface area contributed by atoms with Crippen molar-refractivity contribution in [1.29, 1.82) is 0 Å². The third-order valence-corrected chi connectivity index (χ3v) is 11.1. The molecule has 0 aliphatic rings. The molecule has 0 aromatic heterocycles. The first-order valence-corrected chi connectivity index (χ1v) is 24.2. The molecule has 2 unspecified atom stereocenters. The predicted molar refractivity (Wildman–Crippen MR) is 239 cm³/mol. The van der Waals surface area contributed by atoms with Gasteiger partial charge in [-0.2, -0.15) is 0 Å². The number of aliphatic hydroxyl groups excluding tert-OH is 2. The quantitative estimate of drug-likeness (QED) is 0.0428. The van der Waals surface area contributed by atoms with Crippen LogP contribution in [-0.4, -0.2) is 34.9 Å². The van der Waals surface area contributed by atoms with Crippen LogP contribution in [0.25, 0.3) is 0 Å². The fourth-order valence-corrected chi connectivity index (χ4v) is 7.39. The molecule has 3 N–H and O–H groups in total. The molecule has 0 aliphatic heterocycles. The molecule has 0 saturated heterocycles. The van der Waals surface area contributed by atoms with Gasteiger partial charge in [0.15, 0.2) is 0 Å². The summed E-state index contributed by atoms with van der Waals surface area (Å²) in [5.74, 6) is -0.0631. The number of amides is 1. The van der Waals surface area contributed by atoms with Crippen LogP contribution in [0.15, 0.2) is 36.5 Å². The molecule has 4 heteroatoms. The summed E-state index contributed by atoms with van der Waals surface area (Å²) in [4.78, 5) is 12.4. The zero-order valence-corrected chi connectivity index (χ0v) is 36.5. The third kappa shape index (κ3) is 41.8. The minimum atomic E-state index is -0.838. The number of carbonyl (C=O) groups excluding carboxylic acids is 1. The van der Waals surface area contributed by atoms with Crippen LogP contribution in [0.2, 0.25) is 0 Å². The van der Waals surface area contributed by atoms with Gasteiger partial charge >= 0.3 is 0 Å². The fraction of sp³-hybridized carbons (Fsp3) is 0.860. The van der Waals surface area contributed by atoms with E-state index >= 15 is 0 Å². The average molecular weight is 758 g/mol. The molecule has 2 atom stereocenters. The van der Waals surface area contributed by atoms with E-state index in [9.17, 15) is 15.0 Å². The van der Waals surface area contributed by atoms with Crippen molar-refractivity contribution in [2.45, 2.75) is 270 Å². The topological polar surface area (TPSA) is 69.6 Å². The summed E-state index contributed by atoms with van der Waals surface area (Å²) in [6.45, 7) is 4.31. The molecule has 1 amide bonds. The zero-order chi connectivity index (χ0) is 39.3. The Morgan fingerprint density at radius 1 is 0.444 bits per heavy atom. The number of unbranched alkanes of at least 4 members (excludes halogenated alkanes) is 33. The van der Waals surface area contributed by atoms with Gasteiger partial charge < -0.3 is 15.5 Å². The molecule has 0 aromatic carbocycles. The highest BCUT2D eigenvalue weighted by Gasteiger charge is 2.18. The molecule has 0 rings (SSSR count). The summed E-state index contributed by atoms with van der Waals surface area (Å²) in [5.41, 5.74) is 0. The van der Waals surface area contributed by atoms with E-state index in [1.165, 1.54) is 205 Å². The highest BCUT2D eigenvalue weighted by molar-refractivity contribution is 5.76. The van der Waals surface area contributed by atoms with Crippen LogP contribution in [0, 0.1) is 0 Å². The van der Waals surface area contributed by atoms with Crippen LogP contribution in [0.5, 0.6) is 0 Å². The standard InChI is InChI=1S/C50H95NO3/c1-3-5-7-9-11-13-15-17-19-21-22-23-24-25-26-27-28-30-32-34-36-38-40-42-44-46-50(54)51-48(47-52)49(53)45-43-41-39-37-35-33-31-29-20-18-16-14-12-10-8-6-4-2/h15,17,21-22,43,45,48-49,52-53H,3-14,16,18-20,23-42,44,46-47H2,1-2H3,(H,51,54)/b17-15-,22-21-,45-43+. The summed E-state index contributed by atoms with van der Waals surface area (Å²) < 4.78 is 0. The van der Waals surface area contributed by atoms with Gasteiger partial charge in [-0.3, -0.25) is 4.79 Å². The third-order valence-electron chi connectivity index (χ3n) is 11.1. The summed E-state index contributed by atoms with van der Waals surface area (Å²) >= 11 is 0. The Labute approximate surface area is 338 Å². The van der Waals surface area contributed by atoms with Crippen LogP contribution in [0.1, 0.15) is 258 Å². The fourth-order valence-electron chi connectivity index (χ4n) is 7.39. The van der Waals surface area contributed by atoms with Crippen LogP contribution < -0.4 is 5.32 Å². The molecule has 318 valence electrons. The number of allylic oxidation sites excluding steroid dienone is 5. The van der Waals surface area contributed by atoms with Gasteiger partial charge in [-0.15, -0.1) is 0 Å². The smallest absolute Gasteiger partial charge is 0.220 e. The van der Waals surface area contributed by atoms with Gasteiger partial charge in [0.25, 0.3) is 0 Å². The van der Waals surface area contributed by atoms with Gasteiger partial charge in [0.1, 0.15) is 0 Å². The summed E-state index contributed by atoms with van der Waals surface area (Å²) in [6.07, 6.45) is 61.2. The largest absolute Gasteiger partial charge is 0.394 e. The normalized spacial score (nSPS) is 13.2. The number of nitrogens with one attached hydrogen (secondary N) is 1. The molecule has 0 saturated carbocycles. The monoisotopic (exact) mass is 758 g/mol. The van der Waals surface area contributed by atoms with E-state index in [2.05, 4.69) is 43.5 Å². The lowest BCUT2D eigenvalue weighted by Crippen LogP contribution is -2.45. The van der Waals surface area contributed by atoms with E-state index in [4.69, 9.17) is 0 Å². The van der Waals surface area contributed by atoms with Gasteiger partial charge in [-0.1, -0.05) is 237 Å². The van der Waals surface area contributed by atoms with Gasteiger partial charge in [-0.05, 0) is 51.4 Å². The van der Waals surface area contributed by atoms with Gasteiger partial charge in [0.2, 0.25) is 5.91 Å². The van der Waals surface area contributed by atoms with Crippen LogP contribution in [0.3, 0.4) is 0 Å². The number of hydrogen-bond acceptors (Lipinski definition) is 3. The summed E-state index contributed by atoms with van der Waals surface area (Å²) in [7, 11) is 0. The Kier molecular flexibility index (Phi) is 44.8. The van der Waals surface area contributed by atoms with Crippen molar-refractivity contribution in [3.63, 3.8) is 0 Å². The second kappa shape index (κ2) is 46.0. The number of aliphatic hydroxyl groups is 2. The van der Waals surface area contributed by atoms with E-state index in [1.54, 1.807) is 6.08 Å². The van der Waals surface area contributed by atoms with Crippen molar-refractivity contribution < 1.29 is 15.0 Å². The molecule has 4 nitrogen and oxygen atoms in total. The Balaban J connectivity index is 3.52. The SMILES string of the molecule is CCCCCCC/C=C\C/C=C\CCCCCCCCCCCCCCCC(=O)NC(CO)C(O)/C=C/CCCCCCCCCCCCCCCCC. The van der Waals surface area contributed by atoms with E-state index in [0.29, 0.717) is 6.42 Å². The lowest BCUT2D eigenvalue weighted by molar-refractivity contribution is -0.123. The maximum absolute atomic E-state index is 12.4. The second-order valence-electron chi connectivity index (χ2n) is 16.5. The highest BCUT2D eigenvalue weighted by Crippen LogP contribution is 2.16.